The average molecular weight is 406 g/mol. The summed E-state index contributed by atoms with van der Waals surface area (Å²) >= 11 is 0. The third-order valence-corrected chi connectivity index (χ3v) is 6.78. The van der Waals surface area contributed by atoms with Crippen molar-refractivity contribution in [2.45, 2.75) is 38.3 Å². The predicted molar refractivity (Wildman–Crippen MR) is 115 cm³/mol. The highest BCUT2D eigenvalue weighted by molar-refractivity contribution is 6.00. The van der Waals surface area contributed by atoms with E-state index in [1.807, 2.05) is 40.8 Å². The van der Waals surface area contributed by atoms with Gasteiger partial charge in [0.05, 0.1) is 18.3 Å². The minimum absolute atomic E-state index is 0.0145. The highest BCUT2D eigenvalue weighted by Gasteiger charge is 2.46. The van der Waals surface area contributed by atoms with Crippen molar-refractivity contribution in [1.82, 2.24) is 19.4 Å². The summed E-state index contributed by atoms with van der Waals surface area (Å²) in [5.41, 5.74) is 10.5. The number of nitrogens with zero attached hydrogens (tertiary/aromatic N) is 4. The fourth-order valence-corrected chi connectivity index (χ4v) is 5.20. The van der Waals surface area contributed by atoms with Crippen molar-refractivity contribution in [1.29, 1.82) is 0 Å². The Kier molecular flexibility index (Phi) is 4.50. The van der Waals surface area contributed by atoms with E-state index in [-0.39, 0.29) is 18.0 Å². The maximum Gasteiger partial charge on any atom is 0.254 e. The highest BCUT2D eigenvalue weighted by atomic mass is 16.5. The molecule has 1 aromatic carbocycles. The van der Waals surface area contributed by atoms with Crippen molar-refractivity contribution >= 4 is 16.9 Å². The number of piperidine rings is 1. The second-order valence-corrected chi connectivity index (χ2v) is 8.33. The van der Waals surface area contributed by atoms with Crippen molar-refractivity contribution in [2.75, 3.05) is 13.7 Å². The van der Waals surface area contributed by atoms with Gasteiger partial charge in [-0.05, 0) is 49.4 Å². The van der Waals surface area contributed by atoms with Crippen LogP contribution in [-0.2, 0) is 13.5 Å². The zero-order chi connectivity index (χ0) is 21.0. The van der Waals surface area contributed by atoms with E-state index in [0.29, 0.717) is 17.2 Å². The van der Waals surface area contributed by atoms with Gasteiger partial charge in [-0.3, -0.25) is 9.78 Å². The molecule has 7 heteroatoms. The van der Waals surface area contributed by atoms with Gasteiger partial charge in [0.15, 0.2) is 0 Å². The Bertz CT molecular complexity index is 1140. The van der Waals surface area contributed by atoms with E-state index in [1.54, 1.807) is 13.3 Å². The van der Waals surface area contributed by atoms with Crippen molar-refractivity contribution in [3.8, 4) is 17.1 Å². The van der Waals surface area contributed by atoms with Gasteiger partial charge in [-0.1, -0.05) is 6.92 Å². The quantitative estimate of drug-likeness (QED) is 0.721. The molecule has 1 aliphatic carbocycles. The molecule has 2 bridgehead atoms. The van der Waals surface area contributed by atoms with Gasteiger partial charge in [0.1, 0.15) is 17.1 Å². The summed E-state index contributed by atoms with van der Waals surface area (Å²) in [7, 11) is 3.60. The van der Waals surface area contributed by atoms with E-state index in [1.165, 1.54) is 0 Å². The van der Waals surface area contributed by atoms with Crippen LogP contribution >= 0.6 is 0 Å². The number of likely N-dealkylation sites (tertiary alicyclic amines) is 1. The number of carbonyl (C=O) groups excluding carboxylic acids is 1. The van der Waals surface area contributed by atoms with Crippen molar-refractivity contribution in [3.05, 3.63) is 41.7 Å². The molecule has 2 N–H and O–H groups in total. The van der Waals surface area contributed by atoms with E-state index in [0.717, 1.165) is 53.9 Å². The van der Waals surface area contributed by atoms with Crippen molar-refractivity contribution in [3.63, 3.8) is 0 Å². The highest BCUT2D eigenvalue weighted by Crippen LogP contribution is 2.38. The van der Waals surface area contributed by atoms with Crippen LogP contribution in [-0.4, -0.2) is 51.1 Å². The first-order valence-electron chi connectivity index (χ1n) is 10.6. The van der Waals surface area contributed by atoms with E-state index in [9.17, 15) is 4.79 Å². The molecule has 1 aliphatic heterocycles. The van der Waals surface area contributed by atoms with Crippen molar-refractivity contribution < 1.29 is 9.53 Å². The van der Waals surface area contributed by atoms with Crippen LogP contribution in [0, 0.1) is 5.92 Å². The molecule has 1 saturated heterocycles. The molecule has 0 radical (unpaired) electrons. The number of pyridine rings is 1. The molecule has 7 nitrogen and oxygen atoms in total. The van der Waals surface area contributed by atoms with Gasteiger partial charge >= 0.3 is 0 Å². The van der Waals surface area contributed by atoms with Crippen LogP contribution in [0.2, 0.25) is 0 Å². The normalized spacial score (nSPS) is 22.8. The van der Waals surface area contributed by atoms with Gasteiger partial charge in [-0.25, -0.2) is 4.98 Å². The molecule has 2 fully saturated rings. The van der Waals surface area contributed by atoms with E-state index in [4.69, 9.17) is 15.5 Å². The lowest BCUT2D eigenvalue weighted by Gasteiger charge is -2.27. The molecule has 5 rings (SSSR count). The standard InChI is InChI=1S/C23H27N5O2/c1-4-16-15(6-5-9-25-16)22-26-17-10-14(11-19(30-3)21(17)27(22)2)23(29)28-12-13-7-8-18(28)20(13)24/h5-6,9-11,13,18,20H,4,7-8,12,24H2,1-3H3/t13-,18-,20-/m1/s1. The summed E-state index contributed by atoms with van der Waals surface area (Å²) < 4.78 is 7.70. The smallest absolute Gasteiger partial charge is 0.254 e. The van der Waals surface area contributed by atoms with Crippen LogP contribution < -0.4 is 10.5 Å². The summed E-state index contributed by atoms with van der Waals surface area (Å²) in [5, 5.41) is 0. The number of nitrogens with two attached hydrogens (primary N) is 1. The topological polar surface area (TPSA) is 86.3 Å². The van der Waals surface area contributed by atoms with Gasteiger partial charge < -0.3 is 19.9 Å². The molecule has 0 unspecified atom stereocenters. The fraction of sp³-hybridized carbons (Fsp3) is 0.435. The lowest BCUT2D eigenvalue weighted by molar-refractivity contribution is 0.0700. The molecule has 156 valence electrons. The third kappa shape index (κ3) is 2.72. The molecule has 2 aliphatic rings. The minimum atomic E-state index is 0.0145. The lowest BCUT2D eigenvalue weighted by atomic mass is 10.1. The van der Waals surface area contributed by atoms with Crippen molar-refractivity contribution in [2.24, 2.45) is 18.7 Å². The lowest BCUT2D eigenvalue weighted by Crippen LogP contribution is -2.41. The molecule has 2 aromatic heterocycles. The maximum atomic E-state index is 13.3. The first-order valence-corrected chi connectivity index (χ1v) is 10.6. The second kappa shape index (κ2) is 7.09. The van der Waals surface area contributed by atoms with Gasteiger partial charge in [-0.15, -0.1) is 0 Å². The number of imidazole rings is 1. The van der Waals surface area contributed by atoms with Gasteiger partial charge in [0, 0.05) is 43.0 Å². The number of hydrogen-bond donors (Lipinski definition) is 1. The Labute approximate surface area is 175 Å². The maximum absolute atomic E-state index is 13.3. The SMILES string of the molecule is CCc1ncccc1-c1nc2cc(C(=O)N3C[C@H]4CC[C@@H]3[C@@H]4N)cc(OC)c2n1C. The summed E-state index contributed by atoms with van der Waals surface area (Å²) in [6, 6.07) is 7.91. The Morgan fingerprint density at radius 1 is 1.33 bits per heavy atom. The summed E-state index contributed by atoms with van der Waals surface area (Å²) in [4.78, 5) is 24.6. The molecule has 3 heterocycles. The summed E-state index contributed by atoms with van der Waals surface area (Å²) in [6.45, 7) is 2.83. The monoisotopic (exact) mass is 405 g/mol. The number of amides is 1. The van der Waals surface area contributed by atoms with Crippen LogP contribution in [0.4, 0.5) is 0 Å². The average Bonchev–Trinajstić information content (AvgIpc) is 3.42. The number of aromatic nitrogens is 3. The van der Waals surface area contributed by atoms with Crippen LogP contribution in [0.3, 0.4) is 0 Å². The number of fused-ring (bicyclic) bond motifs is 3. The number of methoxy groups -OCH3 is 1. The fourth-order valence-electron chi connectivity index (χ4n) is 5.20. The Morgan fingerprint density at radius 3 is 2.83 bits per heavy atom. The Hall–Kier alpha value is -2.93. The zero-order valence-electron chi connectivity index (χ0n) is 17.6. The van der Waals surface area contributed by atoms with Gasteiger partial charge in [0.25, 0.3) is 5.91 Å². The molecule has 0 spiro atoms. The minimum Gasteiger partial charge on any atom is -0.494 e. The number of hydrogen-bond acceptors (Lipinski definition) is 5. The Morgan fingerprint density at radius 2 is 2.17 bits per heavy atom. The largest absolute Gasteiger partial charge is 0.494 e. The molecule has 3 atom stereocenters. The van der Waals surface area contributed by atoms with E-state index < -0.39 is 0 Å². The van der Waals surface area contributed by atoms with Gasteiger partial charge in [-0.2, -0.15) is 0 Å². The number of ether oxygens (including phenoxy) is 1. The number of carbonyl (C=O) groups is 1. The van der Waals surface area contributed by atoms with Crippen LogP contribution in [0.25, 0.3) is 22.4 Å². The molecular weight excluding hydrogens is 378 g/mol. The number of rotatable bonds is 4. The van der Waals surface area contributed by atoms with Gasteiger partial charge in [0.2, 0.25) is 0 Å². The van der Waals surface area contributed by atoms with E-state index >= 15 is 0 Å². The molecule has 1 saturated carbocycles. The van der Waals surface area contributed by atoms with E-state index in [2.05, 4.69) is 11.9 Å². The Balaban J connectivity index is 1.60. The van der Waals surface area contributed by atoms with Crippen LogP contribution in [0.5, 0.6) is 5.75 Å². The first kappa shape index (κ1) is 19.1. The number of benzene rings is 1. The van der Waals surface area contributed by atoms with Crippen LogP contribution in [0.15, 0.2) is 30.5 Å². The molecule has 1 amide bonds. The predicted octanol–water partition coefficient (Wildman–Crippen LogP) is 2.77. The molecule has 30 heavy (non-hydrogen) atoms. The second-order valence-electron chi connectivity index (χ2n) is 8.33. The zero-order valence-corrected chi connectivity index (χ0v) is 17.6. The van der Waals surface area contributed by atoms with Crippen LogP contribution in [0.1, 0.15) is 35.8 Å². The molecular formula is C23H27N5O2. The summed E-state index contributed by atoms with van der Waals surface area (Å²) in [5.74, 6) is 1.90. The molecule has 3 aromatic rings. The summed E-state index contributed by atoms with van der Waals surface area (Å²) in [6.07, 6.45) is 4.73. The third-order valence-electron chi connectivity index (χ3n) is 6.78. The first-order chi connectivity index (χ1) is 14.5. The number of aryl methyl sites for hydroxylation is 2.